The van der Waals surface area contributed by atoms with Crippen molar-refractivity contribution in [2.75, 3.05) is 7.11 Å². The number of nitrogens with zero attached hydrogens (tertiary/aromatic N) is 1. The van der Waals surface area contributed by atoms with E-state index in [1.54, 1.807) is 0 Å². The van der Waals surface area contributed by atoms with Crippen LogP contribution in [0, 0.1) is 16.0 Å². The summed E-state index contributed by atoms with van der Waals surface area (Å²) in [5, 5.41) is 10.6. The molecule has 1 aliphatic rings. The van der Waals surface area contributed by atoms with Gasteiger partial charge in [0.2, 0.25) is 0 Å². The Morgan fingerprint density at radius 1 is 1.42 bits per heavy atom. The van der Waals surface area contributed by atoms with Crippen molar-refractivity contribution in [1.29, 1.82) is 0 Å². The molecular formula is C12H11NO6. The van der Waals surface area contributed by atoms with Crippen LogP contribution in [0.25, 0.3) is 0 Å². The lowest BCUT2D eigenvalue weighted by Gasteiger charge is -2.15. The maximum atomic E-state index is 11.6. The van der Waals surface area contributed by atoms with Gasteiger partial charge in [0.1, 0.15) is 12.0 Å². The lowest BCUT2D eigenvalue weighted by atomic mass is 9.95. The number of carbonyl (C=O) groups is 2. The monoisotopic (exact) mass is 265 g/mol. The van der Waals surface area contributed by atoms with Crippen molar-refractivity contribution in [3.8, 4) is 0 Å². The summed E-state index contributed by atoms with van der Waals surface area (Å²) in [5.74, 6) is -1.73. The van der Waals surface area contributed by atoms with Crippen LogP contribution < -0.4 is 0 Å². The second-order valence-corrected chi connectivity index (χ2v) is 4.09. The first-order valence-corrected chi connectivity index (χ1v) is 5.54. The SMILES string of the molecule is COC(=O)[C@H]1CC(=O)O[C@@H]1c1ccc([N+](=O)[O-])cc1. The predicted molar refractivity (Wildman–Crippen MR) is 62.1 cm³/mol. The Hall–Kier alpha value is -2.44. The van der Waals surface area contributed by atoms with Gasteiger partial charge in [0, 0.05) is 12.1 Å². The Balaban J connectivity index is 2.26. The van der Waals surface area contributed by atoms with E-state index in [2.05, 4.69) is 4.74 Å². The number of ether oxygens (including phenoxy) is 2. The van der Waals surface area contributed by atoms with Gasteiger partial charge >= 0.3 is 11.9 Å². The van der Waals surface area contributed by atoms with Crippen LogP contribution >= 0.6 is 0 Å². The summed E-state index contributed by atoms with van der Waals surface area (Å²) in [4.78, 5) is 32.9. The van der Waals surface area contributed by atoms with Crippen molar-refractivity contribution in [2.24, 2.45) is 5.92 Å². The van der Waals surface area contributed by atoms with E-state index in [-0.39, 0.29) is 12.1 Å². The summed E-state index contributed by atoms with van der Waals surface area (Å²) in [6.07, 6.45) is -0.797. The largest absolute Gasteiger partial charge is 0.469 e. The van der Waals surface area contributed by atoms with Crippen molar-refractivity contribution in [3.05, 3.63) is 39.9 Å². The van der Waals surface area contributed by atoms with Gasteiger partial charge in [-0.3, -0.25) is 19.7 Å². The van der Waals surface area contributed by atoms with Crippen LogP contribution in [0.5, 0.6) is 0 Å². The van der Waals surface area contributed by atoms with Crippen molar-refractivity contribution < 1.29 is 24.0 Å². The van der Waals surface area contributed by atoms with Crippen LogP contribution in [0.1, 0.15) is 18.1 Å². The molecule has 2 atom stereocenters. The molecule has 1 fully saturated rings. The highest BCUT2D eigenvalue weighted by molar-refractivity contribution is 5.83. The average Bonchev–Trinajstić information content (AvgIpc) is 2.80. The van der Waals surface area contributed by atoms with Crippen LogP contribution in [0.3, 0.4) is 0 Å². The van der Waals surface area contributed by atoms with Crippen molar-refractivity contribution in [2.45, 2.75) is 12.5 Å². The van der Waals surface area contributed by atoms with Crippen LogP contribution in [0.15, 0.2) is 24.3 Å². The van der Waals surface area contributed by atoms with Crippen LogP contribution in [0.2, 0.25) is 0 Å². The number of carbonyl (C=O) groups excluding carboxylic acids is 2. The maximum absolute atomic E-state index is 11.6. The number of hydrogen-bond acceptors (Lipinski definition) is 6. The first-order valence-electron chi connectivity index (χ1n) is 5.54. The number of rotatable bonds is 3. The maximum Gasteiger partial charge on any atom is 0.313 e. The molecule has 0 aromatic heterocycles. The normalized spacial score (nSPS) is 21.8. The van der Waals surface area contributed by atoms with E-state index < -0.39 is 28.9 Å². The molecule has 0 N–H and O–H groups in total. The molecule has 100 valence electrons. The smallest absolute Gasteiger partial charge is 0.313 e. The van der Waals surface area contributed by atoms with Gasteiger partial charge in [-0.25, -0.2) is 0 Å². The zero-order valence-corrected chi connectivity index (χ0v) is 10.1. The predicted octanol–water partition coefficient (Wildman–Crippen LogP) is 1.37. The Labute approximate surface area is 108 Å². The molecule has 0 unspecified atom stereocenters. The Kier molecular flexibility index (Phi) is 3.46. The zero-order chi connectivity index (χ0) is 14.0. The molecule has 0 saturated carbocycles. The Morgan fingerprint density at radius 2 is 2.05 bits per heavy atom. The lowest BCUT2D eigenvalue weighted by Crippen LogP contribution is -2.19. The van der Waals surface area contributed by atoms with Crippen molar-refractivity contribution in [1.82, 2.24) is 0 Å². The number of hydrogen-bond donors (Lipinski definition) is 0. The number of methoxy groups -OCH3 is 1. The van der Waals surface area contributed by atoms with Gasteiger partial charge < -0.3 is 9.47 Å². The van der Waals surface area contributed by atoms with Gasteiger partial charge in [0.05, 0.1) is 18.5 Å². The molecule has 1 saturated heterocycles. The van der Waals surface area contributed by atoms with E-state index in [1.165, 1.54) is 31.4 Å². The molecule has 0 radical (unpaired) electrons. The lowest BCUT2D eigenvalue weighted by molar-refractivity contribution is -0.384. The minimum absolute atomic E-state index is 0.0473. The Morgan fingerprint density at radius 3 is 2.58 bits per heavy atom. The topological polar surface area (TPSA) is 95.7 Å². The van der Waals surface area contributed by atoms with Gasteiger partial charge in [-0.2, -0.15) is 0 Å². The highest BCUT2D eigenvalue weighted by Gasteiger charge is 2.41. The molecular weight excluding hydrogens is 254 g/mol. The third-order valence-corrected chi connectivity index (χ3v) is 2.95. The van der Waals surface area contributed by atoms with Crippen LogP contribution in [-0.4, -0.2) is 24.0 Å². The average molecular weight is 265 g/mol. The molecule has 7 heteroatoms. The molecule has 1 aliphatic heterocycles. The molecule has 1 aromatic carbocycles. The van der Waals surface area contributed by atoms with E-state index in [0.29, 0.717) is 5.56 Å². The standard InChI is InChI=1S/C12H11NO6/c1-18-12(15)9-6-10(14)19-11(9)7-2-4-8(5-3-7)13(16)17/h2-5,9,11H,6H2,1H3/t9-,11+/m0/s1. The first-order chi connectivity index (χ1) is 9.02. The summed E-state index contributed by atoms with van der Waals surface area (Å²) in [6.45, 7) is 0. The second-order valence-electron chi connectivity index (χ2n) is 4.09. The summed E-state index contributed by atoms with van der Waals surface area (Å²) >= 11 is 0. The number of nitro groups is 1. The summed E-state index contributed by atoms with van der Waals surface area (Å²) < 4.78 is 9.69. The van der Waals surface area contributed by atoms with Crippen molar-refractivity contribution in [3.63, 3.8) is 0 Å². The number of nitro benzene ring substituents is 1. The van der Waals surface area contributed by atoms with E-state index in [4.69, 9.17) is 4.74 Å². The highest BCUT2D eigenvalue weighted by Crippen LogP contribution is 2.36. The van der Waals surface area contributed by atoms with E-state index in [1.807, 2.05) is 0 Å². The third-order valence-electron chi connectivity index (χ3n) is 2.95. The molecule has 19 heavy (non-hydrogen) atoms. The minimum Gasteiger partial charge on any atom is -0.469 e. The van der Waals surface area contributed by atoms with Gasteiger partial charge in [0.25, 0.3) is 5.69 Å². The van der Waals surface area contributed by atoms with Crippen LogP contribution in [-0.2, 0) is 19.1 Å². The third kappa shape index (κ3) is 2.54. The zero-order valence-electron chi connectivity index (χ0n) is 10.1. The van der Waals surface area contributed by atoms with E-state index in [9.17, 15) is 19.7 Å². The summed E-state index contributed by atoms with van der Waals surface area (Å²) in [7, 11) is 1.23. The van der Waals surface area contributed by atoms with Gasteiger partial charge in [-0.05, 0) is 17.7 Å². The molecule has 0 aliphatic carbocycles. The molecule has 1 aromatic rings. The van der Waals surface area contributed by atoms with Gasteiger partial charge in [-0.15, -0.1) is 0 Å². The van der Waals surface area contributed by atoms with Crippen LogP contribution in [0.4, 0.5) is 5.69 Å². The Bertz CT molecular complexity index is 524. The molecule has 1 heterocycles. The highest BCUT2D eigenvalue weighted by atomic mass is 16.6. The molecule has 2 rings (SSSR count). The molecule has 0 bridgehead atoms. The van der Waals surface area contributed by atoms with Gasteiger partial charge in [-0.1, -0.05) is 0 Å². The second kappa shape index (κ2) is 5.05. The minimum atomic E-state index is -0.749. The summed E-state index contributed by atoms with van der Waals surface area (Å²) in [6, 6.07) is 5.54. The van der Waals surface area contributed by atoms with Gasteiger partial charge in [0.15, 0.2) is 0 Å². The molecule has 0 amide bonds. The number of non-ortho nitro benzene ring substituents is 1. The number of cyclic esters (lactones) is 1. The molecule has 7 nitrogen and oxygen atoms in total. The number of esters is 2. The number of benzene rings is 1. The fourth-order valence-electron chi connectivity index (χ4n) is 2.00. The first kappa shape index (κ1) is 13.0. The summed E-state index contributed by atoms with van der Waals surface area (Å²) in [5.41, 5.74) is 0.467. The molecule has 0 spiro atoms. The van der Waals surface area contributed by atoms with E-state index >= 15 is 0 Å². The van der Waals surface area contributed by atoms with E-state index in [0.717, 1.165) is 0 Å². The van der Waals surface area contributed by atoms with Crippen molar-refractivity contribution >= 4 is 17.6 Å². The quantitative estimate of drug-likeness (QED) is 0.465. The fourth-order valence-corrected chi connectivity index (χ4v) is 2.00. The fraction of sp³-hybridized carbons (Fsp3) is 0.333.